The number of hydrogen-bond donors (Lipinski definition) is 2. The number of carbonyl (C=O) groups excluding carboxylic acids is 2. The molecule has 0 bridgehead atoms. The third kappa shape index (κ3) is 5.29. The topological polar surface area (TPSA) is 58.2 Å². The van der Waals surface area contributed by atoms with E-state index in [1.807, 2.05) is 0 Å². The van der Waals surface area contributed by atoms with Crippen LogP contribution >= 0.6 is 15.9 Å². The molecule has 0 aliphatic heterocycles. The summed E-state index contributed by atoms with van der Waals surface area (Å²) in [6, 6.07) is 6.53. The highest BCUT2D eigenvalue weighted by Crippen LogP contribution is 2.13. The van der Waals surface area contributed by atoms with Gasteiger partial charge < -0.3 is 10.6 Å². The Balaban J connectivity index is 2.34. The predicted octanol–water partition coefficient (Wildman–Crippen LogP) is 1.86. The second kappa shape index (κ2) is 6.55. The van der Waals surface area contributed by atoms with Crippen molar-refractivity contribution in [3.63, 3.8) is 0 Å². The monoisotopic (exact) mass is 338 g/mol. The van der Waals surface area contributed by atoms with E-state index in [0.717, 1.165) is 0 Å². The van der Waals surface area contributed by atoms with Crippen molar-refractivity contribution in [1.82, 2.24) is 10.6 Å². The van der Waals surface area contributed by atoms with Gasteiger partial charge in [0.25, 0.3) is 5.91 Å². The van der Waals surface area contributed by atoms with Crippen LogP contribution in [0.5, 0.6) is 0 Å². The van der Waals surface area contributed by atoms with Crippen LogP contribution in [0.15, 0.2) is 28.7 Å². The van der Waals surface area contributed by atoms with Crippen LogP contribution in [0.3, 0.4) is 0 Å². The summed E-state index contributed by atoms with van der Waals surface area (Å²) in [5, 5.41) is 4.04. The third-order valence-corrected chi connectivity index (χ3v) is 2.53. The van der Waals surface area contributed by atoms with Crippen LogP contribution in [-0.2, 0) is 4.79 Å². The van der Waals surface area contributed by atoms with Crippen molar-refractivity contribution in [1.29, 1.82) is 0 Å². The van der Waals surface area contributed by atoms with Crippen LogP contribution in [0.1, 0.15) is 10.4 Å². The number of benzene rings is 1. The van der Waals surface area contributed by atoms with Crippen LogP contribution < -0.4 is 10.6 Å². The van der Waals surface area contributed by atoms with Crippen molar-refractivity contribution in [3.05, 3.63) is 34.3 Å². The highest BCUT2D eigenvalue weighted by atomic mass is 79.9. The zero-order valence-corrected chi connectivity index (χ0v) is 11.1. The first kappa shape index (κ1) is 15.5. The van der Waals surface area contributed by atoms with Gasteiger partial charge in [-0.15, -0.1) is 0 Å². The maximum absolute atomic E-state index is 11.8. The number of alkyl halides is 3. The molecule has 2 amide bonds. The van der Waals surface area contributed by atoms with E-state index in [-0.39, 0.29) is 13.1 Å². The highest BCUT2D eigenvalue weighted by Gasteiger charge is 2.38. The number of amides is 2. The van der Waals surface area contributed by atoms with E-state index in [2.05, 4.69) is 21.2 Å². The van der Waals surface area contributed by atoms with E-state index in [0.29, 0.717) is 10.0 Å². The van der Waals surface area contributed by atoms with Gasteiger partial charge in [-0.05, 0) is 18.2 Å². The molecule has 19 heavy (non-hydrogen) atoms. The van der Waals surface area contributed by atoms with Gasteiger partial charge in [0, 0.05) is 23.1 Å². The molecule has 0 unspecified atom stereocenters. The van der Waals surface area contributed by atoms with E-state index >= 15 is 0 Å². The normalized spacial score (nSPS) is 10.9. The van der Waals surface area contributed by atoms with Crippen molar-refractivity contribution >= 4 is 27.7 Å². The average Bonchev–Trinajstić information content (AvgIpc) is 2.32. The summed E-state index contributed by atoms with van der Waals surface area (Å²) in [5.74, 6) is -2.45. The first-order valence-corrected chi connectivity index (χ1v) is 5.99. The quantitative estimate of drug-likeness (QED) is 0.823. The van der Waals surface area contributed by atoms with Gasteiger partial charge in [0.15, 0.2) is 0 Å². The fourth-order valence-corrected chi connectivity index (χ4v) is 1.58. The minimum atomic E-state index is -4.91. The van der Waals surface area contributed by atoms with Crippen LogP contribution in [0.4, 0.5) is 13.2 Å². The summed E-state index contributed by atoms with van der Waals surface area (Å²) in [7, 11) is 0. The lowest BCUT2D eigenvalue weighted by molar-refractivity contribution is -0.173. The molecule has 104 valence electrons. The third-order valence-electron chi connectivity index (χ3n) is 2.04. The van der Waals surface area contributed by atoms with Gasteiger partial charge in [-0.3, -0.25) is 9.59 Å². The molecule has 0 spiro atoms. The number of halogens is 4. The molecule has 0 aliphatic carbocycles. The fourth-order valence-electron chi connectivity index (χ4n) is 1.18. The molecule has 0 saturated heterocycles. The molecule has 4 nitrogen and oxygen atoms in total. The average molecular weight is 339 g/mol. The summed E-state index contributed by atoms with van der Waals surface area (Å²) in [5.41, 5.74) is 0.372. The second-order valence-corrected chi connectivity index (χ2v) is 4.44. The lowest BCUT2D eigenvalue weighted by atomic mass is 10.2. The first-order valence-electron chi connectivity index (χ1n) is 5.19. The van der Waals surface area contributed by atoms with Crippen LogP contribution in [-0.4, -0.2) is 31.1 Å². The maximum atomic E-state index is 11.8. The van der Waals surface area contributed by atoms with Crippen LogP contribution in [0.2, 0.25) is 0 Å². The smallest absolute Gasteiger partial charge is 0.350 e. The highest BCUT2D eigenvalue weighted by molar-refractivity contribution is 9.10. The van der Waals surface area contributed by atoms with Gasteiger partial charge in [-0.25, -0.2) is 0 Å². The number of hydrogen-bond acceptors (Lipinski definition) is 2. The van der Waals surface area contributed by atoms with Crippen molar-refractivity contribution in [3.8, 4) is 0 Å². The molecule has 0 aliphatic rings. The lowest BCUT2D eigenvalue weighted by Gasteiger charge is -2.09. The predicted molar refractivity (Wildman–Crippen MR) is 65.5 cm³/mol. The van der Waals surface area contributed by atoms with Crippen LogP contribution in [0, 0.1) is 0 Å². The Kier molecular flexibility index (Phi) is 5.34. The van der Waals surface area contributed by atoms with E-state index < -0.39 is 18.0 Å². The first-order chi connectivity index (χ1) is 8.80. The van der Waals surface area contributed by atoms with Crippen molar-refractivity contribution in [2.24, 2.45) is 0 Å². The number of nitrogens with one attached hydrogen (secondary N) is 2. The van der Waals surface area contributed by atoms with Gasteiger partial charge >= 0.3 is 12.1 Å². The molecular weight excluding hydrogens is 329 g/mol. The van der Waals surface area contributed by atoms with Gasteiger partial charge in [0.2, 0.25) is 0 Å². The molecule has 0 saturated carbocycles. The Morgan fingerprint density at radius 2 is 1.79 bits per heavy atom. The Labute approximate surface area is 115 Å². The van der Waals surface area contributed by atoms with Crippen LogP contribution in [0.25, 0.3) is 0 Å². The van der Waals surface area contributed by atoms with Crippen molar-refractivity contribution in [2.45, 2.75) is 6.18 Å². The number of rotatable bonds is 4. The van der Waals surface area contributed by atoms with Gasteiger partial charge in [-0.1, -0.05) is 22.0 Å². The molecule has 0 fully saturated rings. The molecule has 2 N–H and O–H groups in total. The summed E-state index contributed by atoms with van der Waals surface area (Å²) in [4.78, 5) is 22.0. The zero-order chi connectivity index (χ0) is 14.5. The Morgan fingerprint density at radius 1 is 1.16 bits per heavy atom. The zero-order valence-electron chi connectivity index (χ0n) is 9.55. The minimum absolute atomic E-state index is 0.0901. The van der Waals surface area contributed by atoms with Crippen molar-refractivity contribution < 1.29 is 22.8 Å². The van der Waals surface area contributed by atoms with E-state index in [9.17, 15) is 22.8 Å². The molecule has 0 heterocycles. The van der Waals surface area contributed by atoms with E-state index in [4.69, 9.17) is 0 Å². The molecular formula is C11H10BrF3N2O2. The van der Waals surface area contributed by atoms with Gasteiger partial charge in [-0.2, -0.15) is 13.2 Å². The summed E-state index contributed by atoms with van der Waals surface area (Å²) in [6.45, 7) is -0.384. The Hall–Kier alpha value is -1.57. The molecule has 1 aromatic rings. The van der Waals surface area contributed by atoms with E-state index in [1.165, 1.54) is 0 Å². The van der Waals surface area contributed by atoms with Gasteiger partial charge in [0.1, 0.15) is 0 Å². The van der Waals surface area contributed by atoms with Gasteiger partial charge in [0.05, 0.1) is 0 Å². The molecule has 0 radical (unpaired) electrons. The Bertz CT molecular complexity index is 477. The summed E-state index contributed by atoms with van der Waals surface area (Å²) in [6.07, 6.45) is -4.91. The second-order valence-electron chi connectivity index (χ2n) is 3.52. The Morgan fingerprint density at radius 3 is 2.37 bits per heavy atom. The fraction of sp³-hybridized carbons (Fsp3) is 0.273. The molecule has 0 aromatic heterocycles. The largest absolute Gasteiger partial charge is 0.471 e. The lowest BCUT2D eigenvalue weighted by Crippen LogP contribution is -2.41. The maximum Gasteiger partial charge on any atom is 0.471 e. The number of carbonyl (C=O) groups is 2. The molecule has 8 heteroatoms. The molecule has 0 atom stereocenters. The molecule has 1 rings (SSSR count). The summed E-state index contributed by atoms with van der Waals surface area (Å²) >= 11 is 3.19. The standard InChI is InChI=1S/C11H10BrF3N2O2/c12-8-3-1-2-7(6-8)9(18)16-4-5-17-10(19)11(13,14)15/h1-3,6H,4-5H2,(H,16,18)(H,17,19). The molecule has 1 aromatic carbocycles. The summed E-state index contributed by atoms with van der Waals surface area (Å²) < 4.78 is 36.2. The van der Waals surface area contributed by atoms with Crippen molar-refractivity contribution in [2.75, 3.05) is 13.1 Å². The van der Waals surface area contributed by atoms with E-state index in [1.54, 1.807) is 29.6 Å². The minimum Gasteiger partial charge on any atom is -0.350 e. The SMILES string of the molecule is O=C(NCCNC(=O)C(F)(F)F)c1cccc(Br)c1.